The van der Waals surface area contributed by atoms with Gasteiger partial charge < -0.3 is 19.9 Å². The molecule has 2 N–H and O–H groups in total. The van der Waals surface area contributed by atoms with Crippen molar-refractivity contribution < 1.29 is 14.6 Å². The number of para-hydroxylation sites is 1. The molecule has 0 aromatic heterocycles. The number of hydrogen-bond acceptors (Lipinski definition) is 4. The highest BCUT2D eigenvalue weighted by Gasteiger charge is 2.41. The standard InChI is InChI=1S/C16H25NO3/c1-12(2)20-15-13(5-4-6-14(15)19-3)9-17-10-16(11-18)7-8-16/h4-6,12,17-18H,7-11H2,1-3H3. The minimum atomic E-state index is 0.109. The van der Waals surface area contributed by atoms with Crippen LogP contribution in [0.25, 0.3) is 0 Å². The Kier molecular flexibility index (Phi) is 4.89. The molecule has 1 aromatic rings. The third-order valence-electron chi connectivity index (χ3n) is 3.74. The molecule has 0 saturated heterocycles. The minimum absolute atomic E-state index is 0.109. The van der Waals surface area contributed by atoms with Gasteiger partial charge in [0.25, 0.3) is 0 Å². The summed E-state index contributed by atoms with van der Waals surface area (Å²) in [7, 11) is 1.66. The van der Waals surface area contributed by atoms with Crippen LogP contribution in [0.3, 0.4) is 0 Å². The summed E-state index contributed by atoms with van der Waals surface area (Å²) in [4.78, 5) is 0. The summed E-state index contributed by atoms with van der Waals surface area (Å²) in [6.07, 6.45) is 2.34. The normalized spacial score (nSPS) is 16.2. The van der Waals surface area contributed by atoms with Crippen molar-refractivity contribution in [3.8, 4) is 11.5 Å². The molecule has 2 rings (SSSR count). The maximum Gasteiger partial charge on any atom is 0.166 e. The Balaban J connectivity index is 2.02. The Morgan fingerprint density at radius 3 is 2.65 bits per heavy atom. The molecule has 112 valence electrons. The molecule has 0 heterocycles. The third-order valence-corrected chi connectivity index (χ3v) is 3.74. The molecule has 1 aliphatic rings. The van der Waals surface area contributed by atoms with Crippen LogP contribution in [0.15, 0.2) is 18.2 Å². The molecule has 0 amide bonds. The second-order valence-corrected chi connectivity index (χ2v) is 5.88. The first-order valence-electron chi connectivity index (χ1n) is 7.24. The van der Waals surface area contributed by atoms with Crippen LogP contribution < -0.4 is 14.8 Å². The van der Waals surface area contributed by atoms with Gasteiger partial charge >= 0.3 is 0 Å². The van der Waals surface area contributed by atoms with Crippen LogP contribution in [0.1, 0.15) is 32.3 Å². The van der Waals surface area contributed by atoms with Crippen molar-refractivity contribution in [2.75, 3.05) is 20.3 Å². The molecule has 0 atom stereocenters. The lowest BCUT2D eigenvalue weighted by atomic mass is 10.1. The highest BCUT2D eigenvalue weighted by molar-refractivity contribution is 5.46. The Hall–Kier alpha value is -1.26. The SMILES string of the molecule is COc1cccc(CNCC2(CO)CC2)c1OC(C)C. The molecule has 1 saturated carbocycles. The van der Waals surface area contributed by atoms with Crippen molar-refractivity contribution in [3.63, 3.8) is 0 Å². The van der Waals surface area contributed by atoms with Gasteiger partial charge in [-0.3, -0.25) is 0 Å². The Morgan fingerprint density at radius 1 is 1.35 bits per heavy atom. The average Bonchev–Trinajstić information content (AvgIpc) is 3.20. The molecule has 0 spiro atoms. The van der Waals surface area contributed by atoms with E-state index >= 15 is 0 Å². The molecule has 1 aromatic carbocycles. The van der Waals surface area contributed by atoms with Gasteiger partial charge in [-0.15, -0.1) is 0 Å². The maximum atomic E-state index is 9.32. The fourth-order valence-electron chi connectivity index (χ4n) is 2.26. The highest BCUT2D eigenvalue weighted by atomic mass is 16.5. The van der Waals surface area contributed by atoms with E-state index in [2.05, 4.69) is 5.32 Å². The first kappa shape index (κ1) is 15.1. The van der Waals surface area contributed by atoms with Gasteiger partial charge in [0.05, 0.1) is 13.2 Å². The molecule has 1 fully saturated rings. The molecule has 0 radical (unpaired) electrons. The highest BCUT2D eigenvalue weighted by Crippen LogP contribution is 2.44. The molecule has 0 unspecified atom stereocenters. The second-order valence-electron chi connectivity index (χ2n) is 5.88. The van der Waals surface area contributed by atoms with Crippen LogP contribution in [0.2, 0.25) is 0 Å². The molecule has 4 nitrogen and oxygen atoms in total. The predicted octanol–water partition coefficient (Wildman–Crippen LogP) is 2.34. The van der Waals surface area contributed by atoms with E-state index in [0.29, 0.717) is 0 Å². The Morgan fingerprint density at radius 2 is 2.10 bits per heavy atom. The van der Waals surface area contributed by atoms with E-state index in [1.807, 2.05) is 32.0 Å². The smallest absolute Gasteiger partial charge is 0.166 e. The van der Waals surface area contributed by atoms with Crippen LogP contribution in [-0.4, -0.2) is 31.5 Å². The summed E-state index contributed by atoms with van der Waals surface area (Å²) in [5.74, 6) is 1.58. The van der Waals surface area contributed by atoms with Crippen molar-refractivity contribution in [3.05, 3.63) is 23.8 Å². The van der Waals surface area contributed by atoms with Crippen LogP contribution in [0.4, 0.5) is 0 Å². The lowest BCUT2D eigenvalue weighted by molar-refractivity contribution is 0.206. The molecule has 0 bridgehead atoms. The number of ether oxygens (including phenoxy) is 2. The van der Waals surface area contributed by atoms with Crippen molar-refractivity contribution >= 4 is 0 Å². The molecular formula is C16H25NO3. The summed E-state index contributed by atoms with van der Waals surface area (Å²) in [5, 5.41) is 12.7. The molecule has 1 aliphatic carbocycles. The molecule has 4 heteroatoms. The monoisotopic (exact) mass is 279 g/mol. The lowest BCUT2D eigenvalue weighted by Crippen LogP contribution is -2.26. The summed E-state index contributed by atoms with van der Waals surface area (Å²) < 4.78 is 11.3. The van der Waals surface area contributed by atoms with Crippen molar-refractivity contribution in [2.45, 2.75) is 39.3 Å². The van der Waals surface area contributed by atoms with Gasteiger partial charge in [0.2, 0.25) is 0 Å². The Bertz CT molecular complexity index is 441. The first-order valence-corrected chi connectivity index (χ1v) is 7.24. The number of aliphatic hydroxyl groups is 1. The van der Waals surface area contributed by atoms with Gasteiger partial charge in [0.15, 0.2) is 11.5 Å². The summed E-state index contributed by atoms with van der Waals surface area (Å²) >= 11 is 0. The fraction of sp³-hybridized carbons (Fsp3) is 0.625. The van der Waals surface area contributed by atoms with E-state index in [0.717, 1.165) is 43.0 Å². The zero-order valence-corrected chi connectivity index (χ0v) is 12.6. The van der Waals surface area contributed by atoms with Gasteiger partial charge in [-0.25, -0.2) is 0 Å². The van der Waals surface area contributed by atoms with Crippen LogP contribution >= 0.6 is 0 Å². The van der Waals surface area contributed by atoms with E-state index in [1.54, 1.807) is 7.11 Å². The largest absolute Gasteiger partial charge is 0.493 e. The van der Waals surface area contributed by atoms with Gasteiger partial charge in [0, 0.05) is 30.7 Å². The van der Waals surface area contributed by atoms with Crippen LogP contribution in [-0.2, 0) is 6.54 Å². The molecule has 0 aliphatic heterocycles. The zero-order valence-electron chi connectivity index (χ0n) is 12.6. The zero-order chi connectivity index (χ0) is 14.6. The predicted molar refractivity (Wildman–Crippen MR) is 79.2 cm³/mol. The number of methoxy groups -OCH3 is 1. The summed E-state index contributed by atoms with van der Waals surface area (Å²) in [6, 6.07) is 5.94. The summed E-state index contributed by atoms with van der Waals surface area (Å²) in [5.41, 5.74) is 1.21. The minimum Gasteiger partial charge on any atom is -0.493 e. The van der Waals surface area contributed by atoms with E-state index in [9.17, 15) is 5.11 Å². The van der Waals surface area contributed by atoms with Gasteiger partial charge in [0.1, 0.15) is 0 Å². The number of rotatable bonds is 8. The quantitative estimate of drug-likeness (QED) is 0.767. The van der Waals surface area contributed by atoms with Crippen LogP contribution in [0, 0.1) is 5.41 Å². The first-order chi connectivity index (χ1) is 9.60. The van der Waals surface area contributed by atoms with Crippen molar-refractivity contribution in [1.82, 2.24) is 5.32 Å². The fourth-order valence-corrected chi connectivity index (χ4v) is 2.26. The number of nitrogens with one attached hydrogen (secondary N) is 1. The number of hydrogen-bond donors (Lipinski definition) is 2. The van der Waals surface area contributed by atoms with E-state index in [-0.39, 0.29) is 18.1 Å². The average molecular weight is 279 g/mol. The number of benzene rings is 1. The second kappa shape index (κ2) is 6.46. The molecular weight excluding hydrogens is 254 g/mol. The lowest BCUT2D eigenvalue weighted by Gasteiger charge is -2.19. The maximum absolute atomic E-state index is 9.32. The molecule has 20 heavy (non-hydrogen) atoms. The van der Waals surface area contributed by atoms with Crippen LogP contribution in [0.5, 0.6) is 11.5 Å². The van der Waals surface area contributed by atoms with Gasteiger partial charge in [-0.05, 0) is 32.8 Å². The van der Waals surface area contributed by atoms with E-state index < -0.39 is 0 Å². The van der Waals surface area contributed by atoms with Gasteiger partial charge in [-0.1, -0.05) is 12.1 Å². The number of aliphatic hydroxyl groups excluding tert-OH is 1. The Labute approximate surface area is 121 Å². The topological polar surface area (TPSA) is 50.7 Å². The van der Waals surface area contributed by atoms with Crippen molar-refractivity contribution in [2.24, 2.45) is 5.41 Å². The van der Waals surface area contributed by atoms with E-state index in [4.69, 9.17) is 9.47 Å². The third kappa shape index (κ3) is 3.64. The summed E-state index contributed by atoms with van der Waals surface area (Å²) in [6.45, 7) is 5.86. The van der Waals surface area contributed by atoms with Gasteiger partial charge in [-0.2, -0.15) is 0 Å². The van der Waals surface area contributed by atoms with E-state index in [1.165, 1.54) is 0 Å². The van der Waals surface area contributed by atoms with Crippen molar-refractivity contribution in [1.29, 1.82) is 0 Å².